The maximum Gasteiger partial charge on any atom is 0.416 e. The van der Waals surface area contributed by atoms with Gasteiger partial charge in [0.15, 0.2) is 5.49 Å². The highest BCUT2D eigenvalue weighted by atomic mass is 19.4. The molecule has 4 rings (SSSR count). The summed E-state index contributed by atoms with van der Waals surface area (Å²) in [5, 5.41) is 0. The highest BCUT2D eigenvalue weighted by Gasteiger charge is 2.33. The number of amides is 1. The van der Waals surface area contributed by atoms with E-state index in [1.54, 1.807) is 0 Å². The van der Waals surface area contributed by atoms with Crippen LogP contribution in [-0.2, 0) is 25.2 Å². The maximum absolute atomic E-state index is 13.5. The van der Waals surface area contributed by atoms with E-state index in [1.807, 2.05) is 29.5 Å². The zero-order valence-corrected chi connectivity index (χ0v) is 21.2. The van der Waals surface area contributed by atoms with Gasteiger partial charge in [0.1, 0.15) is 11.9 Å². The smallest absolute Gasteiger partial charge is 0.416 e. The van der Waals surface area contributed by atoms with Crippen molar-refractivity contribution < 1.29 is 22.7 Å². The summed E-state index contributed by atoms with van der Waals surface area (Å²) in [6, 6.07) is 4.94. The van der Waals surface area contributed by atoms with E-state index in [4.69, 9.17) is 4.74 Å². The first kappa shape index (κ1) is 25.5. The maximum atomic E-state index is 13.5. The first-order chi connectivity index (χ1) is 16.3. The van der Waals surface area contributed by atoms with Crippen molar-refractivity contribution in [2.45, 2.75) is 70.7 Å². The number of likely N-dealkylation sites (N-methyl/N-ethyl adjacent to an activating group) is 1. The number of hydrogen-bond acceptors (Lipinski definition) is 3. The SMILES string of the molecule is CN1CC[C@H](Oc2ccc(C(F)(F)F)cc2C(=O)N=c2cc(C(C)(C)C)n(C)n2CC2CCC2)C1. The second-order valence-corrected chi connectivity index (χ2v) is 11.0. The first-order valence-electron chi connectivity index (χ1n) is 12.3. The number of nitrogens with zero attached hydrogens (tertiary/aromatic N) is 4. The number of benzene rings is 1. The van der Waals surface area contributed by atoms with E-state index in [0.717, 1.165) is 50.2 Å². The molecule has 2 heterocycles. The molecular weight excluding hydrogens is 457 g/mol. The van der Waals surface area contributed by atoms with Crippen LogP contribution < -0.4 is 10.2 Å². The molecule has 1 aromatic heterocycles. The van der Waals surface area contributed by atoms with E-state index >= 15 is 0 Å². The molecule has 9 heteroatoms. The van der Waals surface area contributed by atoms with Gasteiger partial charge < -0.3 is 9.64 Å². The summed E-state index contributed by atoms with van der Waals surface area (Å²) < 4.78 is 50.5. The molecule has 1 saturated heterocycles. The van der Waals surface area contributed by atoms with Crippen molar-refractivity contribution in [1.82, 2.24) is 14.3 Å². The number of hydrogen-bond donors (Lipinski definition) is 0. The fraction of sp³-hybridized carbons (Fsp3) is 0.615. The minimum absolute atomic E-state index is 0.143. The van der Waals surface area contributed by atoms with Crippen LogP contribution in [0.15, 0.2) is 29.3 Å². The third kappa shape index (κ3) is 5.66. The van der Waals surface area contributed by atoms with Gasteiger partial charge in [0.05, 0.1) is 11.1 Å². The third-order valence-electron chi connectivity index (χ3n) is 7.06. The van der Waals surface area contributed by atoms with Gasteiger partial charge in [-0.05, 0) is 50.4 Å². The summed E-state index contributed by atoms with van der Waals surface area (Å²) in [5.41, 5.74) is 0.214. The molecule has 1 aromatic carbocycles. The third-order valence-corrected chi connectivity index (χ3v) is 7.06. The predicted octanol–water partition coefficient (Wildman–Crippen LogP) is 4.77. The summed E-state index contributed by atoms with van der Waals surface area (Å²) in [5.74, 6) is -0.0762. The zero-order valence-electron chi connectivity index (χ0n) is 21.2. The molecule has 2 fully saturated rings. The van der Waals surface area contributed by atoms with Crippen LogP contribution in [0, 0.1) is 5.92 Å². The Morgan fingerprint density at radius 2 is 1.83 bits per heavy atom. The molecule has 2 aliphatic rings. The van der Waals surface area contributed by atoms with Crippen molar-refractivity contribution in [1.29, 1.82) is 0 Å². The Morgan fingerprint density at radius 3 is 2.37 bits per heavy atom. The standard InChI is InChI=1S/C26H35F3N4O2/c1-25(2,3)22-14-23(33(32(22)5)15-17-7-6-8-17)30-24(34)20-13-18(26(27,28)29)9-10-21(20)35-19-11-12-31(4)16-19/h9-10,13-14,17,19H,6-8,11-12,15-16H2,1-5H3/t19-/m0/s1. The highest BCUT2D eigenvalue weighted by molar-refractivity contribution is 5.97. The topological polar surface area (TPSA) is 51.8 Å². The second kappa shape index (κ2) is 9.48. The molecule has 35 heavy (non-hydrogen) atoms. The molecule has 2 aromatic rings. The van der Waals surface area contributed by atoms with Gasteiger partial charge in [0.25, 0.3) is 5.91 Å². The number of halogens is 3. The molecule has 1 atom stereocenters. The van der Waals surface area contributed by atoms with Gasteiger partial charge in [-0.1, -0.05) is 27.2 Å². The monoisotopic (exact) mass is 492 g/mol. The van der Waals surface area contributed by atoms with Crippen LogP contribution in [-0.4, -0.2) is 46.4 Å². The highest BCUT2D eigenvalue weighted by Crippen LogP contribution is 2.34. The van der Waals surface area contributed by atoms with Crippen LogP contribution in [0.25, 0.3) is 0 Å². The predicted molar refractivity (Wildman–Crippen MR) is 127 cm³/mol. The molecule has 1 aliphatic carbocycles. The number of carbonyl (C=O) groups is 1. The van der Waals surface area contributed by atoms with E-state index in [2.05, 4.69) is 30.7 Å². The molecule has 1 saturated carbocycles. The van der Waals surface area contributed by atoms with Gasteiger partial charge >= 0.3 is 6.18 Å². The van der Waals surface area contributed by atoms with Gasteiger partial charge in [-0.3, -0.25) is 14.2 Å². The summed E-state index contributed by atoms with van der Waals surface area (Å²) in [4.78, 5) is 19.8. The van der Waals surface area contributed by atoms with E-state index in [-0.39, 0.29) is 22.8 Å². The molecule has 0 bridgehead atoms. The Morgan fingerprint density at radius 1 is 1.11 bits per heavy atom. The van der Waals surface area contributed by atoms with E-state index < -0.39 is 17.6 Å². The van der Waals surface area contributed by atoms with Crippen molar-refractivity contribution in [3.8, 4) is 5.75 Å². The summed E-state index contributed by atoms with van der Waals surface area (Å²) in [7, 11) is 3.90. The van der Waals surface area contributed by atoms with Gasteiger partial charge in [-0.15, -0.1) is 0 Å². The van der Waals surface area contributed by atoms with E-state index in [0.29, 0.717) is 18.0 Å². The normalized spacial score (nSPS) is 20.3. The molecule has 0 spiro atoms. The minimum atomic E-state index is -4.57. The van der Waals surface area contributed by atoms with Gasteiger partial charge in [0.2, 0.25) is 0 Å². The number of likely N-dealkylation sites (tertiary alicyclic amines) is 1. The van der Waals surface area contributed by atoms with Gasteiger partial charge in [-0.2, -0.15) is 18.2 Å². The fourth-order valence-electron chi connectivity index (χ4n) is 4.81. The number of alkyl halides is 3. The van der Waals surface area contributed by atoms with Crippen molar-refractivity contribution in [2.75, 3.05) is 20.1 Å². The molecule has 1 amide bonds. The summed E-state index contributed by atoms with van der Waals surface area (Å²) in [6.07, 6.45) is -0.574. The second-order valence-electron chi connectivity index (χ2n) is 11.0. The van der Waals surface area contributed by atoms with Crippen LogP contribution in [0.5, 0.6) is 5.75 Å². The van der Waals surface area contributed by atoms with Crippen molar-refractivity contribution in [3.05, 3.63) is 46.6 Å². The van der Waals surface area contributed by atoms with Crippen LogP contribution in [0.4, 0.5) is 13.2 Å². The number of rotatable bonds is 5. The lowest BCUT2D eigenvalue weighted by Gasteiger charge is -2.27. The molecule has 192 valence electrons. The summed E-state index contributed by atoms with van der Waals surface area (Å²) in [6.45, 7) is 8.45. The number of aromatic nitrogens is 2. The Bertz CT molecular complexity index is 1150. The van der Waals surface area contributed by atoms with Crippen LogP contribution in [0.3, 0.4) is 0 Å². The molecule has 1 aliphatic heterocycles. The first-order valence-corrected chi connectivity index (χ1v) is 12.3. The number of carbonyl (C=O) groups excluding carboxylic acids is 1. The Hall–Kier alpha value is -2.55. The quantitative estimate of drug-likeness (QED) is 0.605. The molecule has 0 N–H and O–H groups in total. The Labute approximate surface area is 204 Å². The lowest BCUT2D eigenvalue weighted by molar-refractivity contribution is -0.137. The van der Waals surface area contributed by atoms with Crippen molar-refractivity contribution >= 4 is 5.91 Å². The Kier molecular flexibility index (Phi) is 6.92. The van der Waals surface area contributed by atoms with Crippen LogP contribution >= 0.6 is 0 Å². The van der Waals surface area contributed by atoms with Crippen LogP contribution in [0.1, 0.15) is 68.1 Å². The average molecular weight is 493 g/mol. The summed E-state index contributed by atoms with van der Waals surface area (Å²) >= 11 is 0. The lowest BCUT2D eigenvalue weighted by atomic mass is 9.85. The minimum Gasteiger partial charge on any atom is -0.488 e. The van der Waals surface area contributed by atoms with Crippen LogP contribution in [0.2, 0.25) is 0 Å². The molecular formula is C26H35F3N4O2. The van der Waals surface area contributed by atoms with Gasteiger partial charge in [-0.25, -0.2) is 0 Å². The molecule has 6 nitrogen and oxygen atoms in total. The Balaban J connectivity index is 1.76. The number of ether oxygens (including phenoxy) is 1. The van der Waals surface area contributed by atoms with E-state index in [9.17, 15) is 18.0 Å². The fourth-order valence-corrected chi connectivity index (χ4v) is 4.81. The average Bonchev–Trinajstić information content (AvgIpc) is 3.26. The van der Waals surface area contributed by atoms with Gasteiger partial charge in [0, 0.05) is 43.9 Å². The molecule has 0 radical (unpaired) electrons. The van der Waals surface area contributed by atoms with E-state index in [1.165, 1.54) is 12.5 Å². The zero-order chi connectivity index (χ0) is 25.5. The van der Waals surface area contributed by atoms with Crippen molar-refractivity contribution in [3.63, 3.8) is 0 Å². The lowest BCUT2D eigenvalue weighted by Crippen LogP contribution is -2.30. The molecule has 0 unspecified atom stereocenters. The largest absolute Gasteiger partial charge is 0.488 e. The van der Waals surface area contributed by atoms with Crippen molar-refractivity contribution in [2.24, 2.45) is 18.0 Å².